The Kier molecular flexibility index (Phi) is 7.00. The quantitative estimate of drug-likeness (QED) is 0.832. The number of carbonyl (C=O) groups is 2. The summed E-state index contributed by atoms with van der Waals surface area (Å²) in [5, 5.41) is 5.54. The number of nitrogens with one attached hydrogen (secondary N) is 2. The van der Waals surface area contributed by atoms with Crippen molar-refractivity contribution in [2.45, 2.75) is 53.2 Å². The summed E-state index contributed by atoms with van der Waals surface area (Å²) in [6.07, 6.45) is 1.30. The summed E-state index contributed by atoms with van der Waals surface area (Å²) in [7, 11) is 0. The molecular weight excluding hydrogens is 314 g/mol. The molecule has 0 saturated carbocycles. The summed E-state index contributed by atoms with van der Waals surface area (Å²) in [6, 6.07) is 7.74. The van der Waals surface area contributed by atoms with Crippen LogP contribution in [-0.2, 0) is 22.7 Å². The number of likely N-dealkylation sites (tertiary alicyclic amines) is 1. The van der Waals surface area contributed by atoms with Gasteiger partial charge >= 0.3 is 0 Å². The highest BCUT2D eigenvalue weighted by atomic mass is 16.2. The molecule has 25 heavy (non-hydrogen) atoms. The molecule has 3 atom stereocenters. The van der Waals surface area contributed by atoms with Crippen molar-refractivity contribution in [2.75, 3.05) is 13.1 Å². The number of hydrogen-bond acceptors (Lipinski definition) is 3. The number of nitrogens with zero attached hydrogens (tertiary/aromatic N) is 1. The van der Waals surface area contributed by atoms with E-state index in [0.717, 1.165) is 37.0 Å². The molecule has 1 aliphatic rings. The van der Waals surface area contributed by atoms with E-state index in [2.05, 4.69) is 47.6 Å². The van der Waals surface area contributed by atoms with Gasteiger partial charge in [0.05, 0.1) is 0 Å². The molecule has 5 heteroatoms. The van der Waals surface area contributed by atoms with Gasteiger partial charge in [-0.1, -0.05) is 38.1 Å². The summed E-state index contributed by atoms with van der Waals surface area (Å²) in [5.41, 5.74) is 2.40. The van der Waals surface area contributed by atoms with E-state index in [4.69, 9.17) is 0 Å². The lowest BCUT2D eigenvalue weighted by Crippen LogP contribution is -2.43. The second-order valence-electron chi connectivity index (χ2n) is 7.55. The van der Waals surface area contributed by atoms with E-state index in [-0.39, 0.29) is 11.8 Å². The second kappa shape index (κ2) is 8.99. The van der Waals surface area contributed by atoms with E-state index in [0.29, 0.717) is 6.54 Å². The van der Waals surface area contributed by atoms with Crippen LogP contribution in [0.4, 0.5) is 0 Å². The molecule has 1 aromatic rings. The molecule has 0 aromatic heterocycles. The van der Waals surface area contributed by atoms with Crippen LogP contribution in [-0.4, -0.2) is 35.8 Å². The topological polar surface area (TPSA) is 61.4 Å². The molecule has 2 N–H and O–H groups in total. The Labute approximate surface area is 151 Å². The fourth-order valence-corrected chi connectivity index (χ4v) is 3.75. The minimum atomic E-state index is -0.520. The van der Waals surface area contributed by atoms with Crippen LogP contribution in [0.25, 0.3) is 0 Å². The summed E-state index contributed by atoms with van der Waals surface area (Å²) >= 11 is 0. The predicted octanol–water partition coefficient (Wildman–Crippen LogP) is 2.31. The van der Waals surface area contributed by atoms with Crippen LogP contribution in [0.15, 0.2) is 24.3 Å². The third-order valence-electron chi connectivity index (χ3n) is 4.72. The van der Waals surface area contributed by atoms with Crippen molar-refractivity contribution < 1.29 is 9.59 Å². The van der Waals surface area contributed by atoms with Gasteiger partial charge in [0.1, 0.15) is 6.04 Å². The average Bonchev–Trinajstić information content (AvgIpc) is 2.52. The number of rotatable bonds is 6. The van der Waals surface area contributed by atoms with Crippen molar-refractivity contribution in [3.63, 3.8) is 0 Å². The Morgan fingerprint density at radius 2 is 1.76 bits per heavy atom. The van der Waals surface area contributed by atoms with Crippen molar-refractivity contribution in [3.8, 4) is 0 Å². The first-order chi connectivity index (χ1) is 11.8. The molecule has 1 aromatic carbocycles. The van der Waals surface area contributed by atoms with Gasteiger partial charge < -0.3 is 10.6 Å². The van der Waals surface area contributed by atoms with Gasteiger partial charge in [-0.05, 0) is 36.3 Å². The summed E-state index contributed by atoms with van der Waals surface area (Å²) in [5.74, 6) is 1.10. The van der Waals surface area contributed by atoms with Crippen molar-refractivity contribution in [2.24, 2.45) is 11.8 Å². The minimum Gasteiger partial charge on any atom is -0.350 e. The fraction of sp³-hybridized carbons (Fsp3) is 0.600. The van der Waals surface area contributed by atoms with E-state index in [1.54, 1.807) is 6.92 Å². The van der Waals surface area contributed by atoms with Crippen molar-refractivity contribution in [3.05, 3.63) is 35.4 Å². The molecule has 1 aliphatic heterocycles. The molecule has 0 spiro atoms. The molecule has 5 nitrogen and oxygen atoms in total. The normalized spacial score (nSPS) is 22.2. The Bertz CT molecular complexity index is 592. The molecule has 2 rings (SSSR count). The molecule has 1 saturated heterocycles. The monoisotopic (exact) mass is 345 g/mol. The van der Waals surface area contributed by atoms with Crippen LogP contribution in [0.1, 0.15) is 45.2 Å². The fourth-order valence-electron chi connectivity index (χ4n) is 3.75. The van der Waals surface area contributed by atoms with E-state index >= 15 is 0 Å². The van der Waals surface area contributed by atoms with Crippen LogP contribution in [0.2, 0.25) is 0 Å². The maximum Gasteiger partial charge on any atom is 0.242 e. The second-order valence-corrected chi connectivity index (χ2v) is 7.55. The van der Waals surface area contributed by atoms with Gasteiger partial charge in [-0.25, -0.2) is 0 Å². The number of piperidine rings is 1. The Balaban J connectivity index is 1.96. The first-order valence-corrected chi connectivity index (χ1v) is 9.19. The van der Waals surface area contributed by atoms with Crippen LogP contribution in [0, 0.1) is 11.8 Å². The SMILES string of the molecule is CC(=O)N[C@H](C)C(=O)NCc1ccccc1CN1C[C@H](C)C[C@@H](C)C1. The van der Waals surface area contributed by atoms with Crippen LogP contribution < -0.4 is 10.6 Å². The van der Waals surface area contributed by atoms with Gasteiger partial charge in [-0.2, -0.15) is 0 Å². The maximum atomic E-state index is 12.1. The highest BCUT2D eigenvalue weighted by molar-refractivity contribution is 5.86. The predicted molar refractivity (Wildman–Crippen MR) is 99.8 cm³/mol. The summed E-state index contributed by atoms with van der Waals surface area (Å²) in [6.45, 7) is 11.4. The first kappa shape index (κ1) is 19.4. The highest BCUT2D eigenvalue weighted by Gasteiger charge is 2.22. The van der Waals surface area contributed by atoms with Gasteiger partial charge in [-0.3, -0.25) is 14.5 Å². The molecule has 0 radical (unpaired) electrons. The zero-order chi connectivity index (χ0) is 18.4. The van der Waals surface area contributed by atoms with E-state index in [1.165, 1.54) is 18.9 Å². The minimum absolute atomic E-state index is 0.162. The van der Waals surface area contributed by atoms with Gasteiger partial charge in [0.15, 0.2) is 0 Å². The Morgan fingerprint density at radius 3 is 2.36 bits per heavy atom. The third kappa shape index (κ3) is 6.16. The zero-order valence-electron chi connectivity index (χ0n) is 15.8. The highest BCUT2D eigenvalue weighted by Crippen LogP contribution is 2.23. The van der Waals surface area contributed by atoms with Crippen molar-refractivity contribution in [1.29, 1.82) is 0 Å². The van der Waals surface area contributed by atoms with Crippen molar-refractivity contribution in [1.82, 2.24) is 15.5 Å². The standard InChI is InChI=1S/C20H31N3O2/c1-14-9-15(2)12-23(11-14)13-19-8-6-5-7-18(19)10-21-20(25)16(3)22-17(4)24/h5-8,14-16H,9-13H2,1-4H3,(H,21,25)(H,22,24)/t14-,15-,16-/m1/s1. The van der Waals surface area contributed by atoms with E-state index in [9.17, 15) is 9.59 Å². The van der Waals surface area contributed by atoms with Gasteiger partial charge in [0, 0.05) is 33.1 Å². The van der Waals surface area contributed by atoms with E-state index < -0.39 is 6.04 Å². The third-order valence-corrected chi connectivity index (χ3v) is 4.72. The molecule has 0 bridgehead atoms. The van der Waals surface area contributed by atoms with Crippen molar-refractivity contribution >= 4 is 11.8 Å². The largest absolute Gasteiger partial charge is 0.350 e. The number of amides is 2. The molecule has 0 aliphatic carbocycles. The molecule has 1 fully saturated rings. The zero-order valence-corrected chi connectivity index (χ0v) is 15.8. The van der Waals surface area contributed by atoms with Gasteiger partial charge in [-0.15, -0.1) is 0 Å². The smallest absolute Gasteiger partial charge is 0.242 e. The lowest BCUT2D eigenvalue weighted by Gasteiger charge is -2.35. The Morgan fingerprint density at radius 1 is 1.16 bits per heavy atom. The van der Waals surface area contributed by atoms with Gasteiger partial charge in [0.25, 0.3) is 0 Å². The number of benzene rings is 1. The Hall–Kier alpha value is -1.88. The lowest BCUT2D eigenvalue weighted by atomic mass is 9.91. The lowest BCUT2D eigenvalue weighted by molar-refractivity contribution is -0.127. The molecular formula is C20H31N3O2. The first-order valence-electron chi connectivity index (χ1n) is 9.19. The van der Waals surface area contributed by atoms with Gasteiger partial charge in [0.2, 0.25) is 11.8 Å². The maximum absolute atomic E-state index is 12.1. The summed E-state index contributed by atoms with van der Waals surface area (Å²) < 4.78 is 0. The molecule has 1 heterocycles. The average molecular weight is 345 g/mol. The van der Waals surface area contributed by atoms with Crippen LogP contribution in [0.5, 0.6) is 0 Å². The van der Waals surface area contributed by atoms with Crippen LogP contribution >= 0.6 is 0 Å². The number of carbonyl (C=O) groups excluding carboxylic acids is 2. The summed E-state index contributed by atoms with van der Waals surface area (Å²) in [4.78, 5) is 25.7. The van der Waals surface area contributed by atoms with E-state index in [1.807, 2.05) is 6.07 Å². The molecule has 138 valence electrons. The van der Waals surface area contributed by atoms with Crippen LogP contribution in [0.3, 0.4) is 0 Å². The molecule has 0 unspecified atom stereocenters. The number of hydrogen-bond donors (Lipinski definition) is 2. The molecule has 2 amide bonds.